The van der Waals surface area contributed by atoms with Crippen LogP contribution in [-0.2, 0) is 4.79 Å². The van der Waals surface area contributed by atoms with E-state index >= 15 is 0 Å². The van der Waals surface area contributed by atoms with Crippen molar-refractivity contribution in [1.29, 1.82) is 0 Å². The second kappa shape index (κ2) is 5.84. The third-order valence-corrected chi connectivity index (χ3v) is 3.39. The molecule has 1 atom stereocenters. The minimum atomic E-state index is -0.169. The van der Waals surface area contributed by atoms with Gasteiger partial charge in [0.25, 0.3) is 5.91 Å². The number of rotatable bonds is 3. The summed E-state index contributed by atoms with van der Waals surface area (Å²) in [5.74, 6) is -0.0600. The normalized spacial score (nSPS) is 19.0. The average Bonchev–Trinajstić information content (AvgIpc) is 2.68. The molecule has 0 aromatic carbocycles. The Labute approximate surface area is 125 Å². The lowest BCUT2D eigenvalue weighted by Gasteiger charge is -2.26. The van der Waals surface area contributed by atoms with Gasteiger partial charge < -0.3 is 10.2 Å². The molecule has 1 aromatic heterocycles. The number of carbonyl (C=O) groups excluding carboxylic acids is 2. The molecular weight excluding hydrogens is 266 g/mol. The predicted molar refractivity (Wildman–Crippen MR) is 80.9 cm³/mol. The first kappa shape index (κ1) is 15.5. The summed E-state index contributed by atoms with van der Waals surface area (Å²) in [5, 5.41) is 2.92. The van der Waals surface area contributed by atoms with E-state index in [0.717, 1.165) is 5.69 Å². The van der Waals surface area contributed by atoms with Gasteiger partial charge in [-0.05, 0) is 24.5 Å². The quantitative estimate of drug-likeness (QED) is 0.922. The van der Waals surface area contributed by atoms with Gasteiger partial charge in [-0.3, -0.25) is 14.6 Å². The predicted octanol–water partition coefficient (Wildman–Crippen LogP) is 1.77. The third kappa shape index (κ3) is 4.28. The Balaban J connectivity index is 1.94. The molecule has 0 saturated carbocycles. The molecule has 1 aliphatic heterocycles. The van der Waals surface area contributed by atoms with Crippen molar-refractivity contribution >= 4 is 11.8 Å². The van der Waals surface area contributed by atoms with Crippen LogP contribution in [0.1, 0.15) is 43.2 Å². The van der Waals surface area contributed by atoms with Gasteiger partial charge >= 0.3 is 0 Å². The maximum Gasteiger partial charge on any atom is 0.253 e. The van der Waals surface area contributed by atoms with E-state index in [2.05, 4.69) is 31.1 Å². The number of hydrogen-bond acceptors (Lipinski definition) is 3. The highest BCUT2D eigenvalue weighted by atomic mass is 16.2. The van der Waals surface area contributed by atoms with Crippen LogP contribution in [0.15, 0.2) is 18.3 Å². The Morgan fingerprint density at radius 2 is 2.14 bits per heavy atom. The van der Waals surface area contributed by atoms with E-state index in [0.29, 0.717) is 25.1 Å². The second-order valence-electron chi connectivity index (χ2n) is 6.90. The van der Waals surface area contributed by atoms with Crippen LogP contribution in [0.25, 0.3) is 0 Å². The summed E-state index contributed by atoms with van der Waals surface area (Å²) < 4.78 is 0. The topological polar surface area (TPSA) is 62.3 Å². The average molecular weight is 289 g/mol. The van der Waals surface area contributed by atoms with Gasteiger partial charge in [0.15, 0.2) is 0 Å². The summed E-state index contributed by atoms with van der Waals surface area (Å²) >= 11 is 0. The Morgan fingerprint density at radius 3 is 2.71 bits per heavy atom. The first-order valence-corrected chi connectivity index (χ1v) is 7.26. The monoisotopic (exact) mass is 289 g/mol. The van der Waals surface area contributed by atoms with Gasteiger partial charge in [0.2, 0.25) is 5.91 Å². The number of carbonyl (C=O) groups is 2. The zero-order chi connectivity index (χ0) is 15.6. The minimum absolute atomic E-state index is 0.0649. The molecule has 1 fully saturated rings. The summed E-state index contributed by atoms with van der Waals surface area (Å²) in [5.41, 5.74) is 1.47. The maximum atomic E-state index is 12.1. The number of aryl methyl sites for hydroxylation is 1. The van der Waals surface area contributed by atoms with E-state index in [9.17, 15) is 9.59 Å². The maximum absolute atomic E-state index is 12.1. The molecule has 1 aromatic rings. The molecule has 2 heterocycles. The van der Waals surface area contributed by atoms with Crippen molar-refractivity contribution in [2.45, 2.75) is 40.2 Å². The van der Waals surface area contributed by atoms with Crippen LogP contribution >= 0.6 is 0 Å². The van der Waals surface area contributed by atoms with Gasteiger partial charge in [-0.1, -0.05) is 20.8 Å². The highest BCUT2D eigenvalue weighted by Crippen LogP contribution is 2.20. The van der Waals surface area contributed by atoms with Crippen molar-refractivity contribution in [3.63, 3.8) is 0 Å². The van der Waals surface area contributed by atoms with E-state index < -0.39 is 0 Å². The standard InChI is InChI=1S/C16H23N3O2/c1-11-5-6-12(8-17-11)15(21)18-13-7-14(20)19(9-13)10-16(2,3)4/h5-6,8,13H,7,9-10H2,1-4H3,(H,18,21). The Bertz CT molecular complexity index is 531. The smallest absolute Gasteiger partial charge is 0.253 e. The molecule has 0 bridgehead atoms. The lowest BCUT2D eigenvalue weighted by atomic mass is 9.96. The highest BCUT2D eigenvalue weighted by Gasteiger charge is 2.32. The number of pyridine rings is 1. The molecule has 2 amide bonds. The molecule has 5 nitrogen and oxygen atoms in total. The Hall–Kier alpha value is -1.91. The van der Waals surface area contributed by atoms with Crippen LogP contribution in [0.2, 0.25) is 0 Å². The molecular formula is C16H23N3O2. The minimum Gasteiger partial charge on any atom is -0.347 e. The SMILES string of the molecule is Cc1ccc(C(=O)NC2CC(=O)N(CC(C)(C)C)C2)cn1. The van der Waals surface area contributed by atoms with Crippen LogP contribution in [0.3, 0.4) is 0 Å². The van der Waals surface area contributed by atoms with Gasteiger partial charge in [-0.25, -0.2) is 0 Å². The summed E-state index contributed by atoms with van der Waals surface area (Å²) in [6.07, 6.45) is 1.94. The molecule has 1 aliphatic rings. The summed E-state index contributed by atoms with van der Waals surface area (Å²) in [4.78, 5) is 30.1. The number of nitrogens with zero attached hydrogens (tertiary/aromatic N) is 2. The molecule has 1 saturated heterocycles. The van der Waals surface area contributed by atoms with Crippen molar-refractivity contribution in [3.8, 4) is 0 Å². The first-order chi connectivity index (χ1) is 9.74. The molecule has 1 N–H and O–H groups in total. The van der Waals surface area contributed by atoms with Crippen molar-refractivity contribution < 1.29 is 9.59 Å². The summed E-state index contributed by atoms with van der Waals surface area (Å²) in [6, 6.07) is 3.44. The molecule has 0 aliphatic carbocycles. The van der Waals surface area contributed by atoms with E-state index in [1.165, 1.54) is 0 Å². The second-order valence-corrected chi connectivity index (χ2v) is 6.90. The van der Waals surface area contributed by atoms with Crippen molar-refractivity contribution in [2.24, 2.45) is 5.41 Å². The van der Waals surface area contributed by atoms with Crippen LogP contribution < -0.4 is 5.32 Å². The summed E-state index contributed by atoms with van der Waals surface area (Å²) in [6.45, 7) is 9.48. The number of likely N-dealkylation sites (tertiary alicyclic amines) is 1. The zero-order valence-electron chi connectivity index (χ0n) is 13.1. The number of amides is 2. The van der Waals surface area contributed by atoms with Crippen molar-refractivity contribution in [3.05, 3.63) is 29.6 Å². The Kier molecular flexibility index (Phi) is 4.30. The zero-order valence-corrected chi connectivity index (χ0v) is 13.1. The van der Waals surface area contributed by atoms with Crippen molar-refractivity contribution in [2.75, 3.05) is 13.1 Å². The van der Waals surface area contributed by atoms with Crippen LogP contribution in [0.5, 0.6) is 0 Å². The van der Waals surface area contributed by atoms with Crippen molar-refractivity contribution in [1.82, 2.24) is 15.2 Å². The van der Waals surface area contributed by atoms with E-state index in [4.69, 9.17) is 0 Å². The Morgan fingerprint density at radius 1 is 1.43 bits per heavy atom. The largest absolute Gasteiger partial charge is 0.347 e. The van der Waals surface area contributed by atoms with Crippen LogP contribution in [0.4, 0.5) is 0 Å². The molecule has 2 rings (SSSR count). The number of nitrogens with one attached hydrogen (secondary N) is 1. The highest BCUT2D eigenvalue weighted by molar-refractivity contribution is 5.94. The fourth-order valence-electron chi connectivity index (χ4n) is 2.47. The number of hydrogen-bond donors (Lipinski definition) is 1. The molecule has 114 valence electrons. The van der Waals surface area contributed by atoms with E-state index in [-0.39, 0.29) is 23.3 Å². The van der Waals surface area contributed by atoms with Gasteiger partial charge in [0, 0.05) is 31.4 Å². The third-order valence-electron chi connectivity index (χ3n) is 3.39. The fraction of sp³-hybridized carbons (Fsp3) is 0.562. The summed E-state index contributed by atoms with van der Waals surface area (Å²) in [7, 11) is 0. The lowest BCUT2D eigenvalue weighted by Crippen LogP contribution is -2.39. The van der Waals surface area contributed by atoms with Gasteiger partial charge in [-0.15, -0.1) is 0 Å². The molecule has 21 heavy (non-hydrogen) atoms. The van der Waals surface area contributed by atoms with E-state index in [1.807, 2.05) is 11.8 Å². The first-order valence-electron chi connectivity index (χ1n) is 7.26. The molecule has 1 unspecified atom stereocenters. The molecule has 0 spiro atoms. The van der Waals surface area contributed by atoms with Gasteiger partial charge in [0.05, 0.1) is 11.6 Å². The number of aromatic nitrogens is 1. The fourth-order valence-corrected chi connectivity index (χ4v) is 2.47. The molecule has 5 heteroatoms. The molecule has 0 radical (unpaired) electrons. The lowest BCUT2D eigenvalue weighted by molar-refractivity contribution is -0.128. The van der Waals surface area contributed by atoms with Gasteiger partial charge in [0.1, 0.15) is 0 Å². The van der Waals surface area contributed by atoms with Gasteiger partial charge in [-0.2, -0.15) is 0 Å². The van der Waals surface area contributed by atoms with E-state index in [1.54, 1.807) is 18.3 Å². The van der Waals surface area contributed by atoms with Crippen LogP contribution in [-0.4, -0.2) is 40.8 Å². The van der Waals surface area contributed by atoms with Crippen LogP contribution in [0, 0.1) is 12.3 Å².